The predicted octanol–water partition coefficient (Wildman–Crippen LogP) is 5.23. The Morgan fingerprint density at radius 1 is 1.24 bits per heavy atom. The second-order valence-electron chi connectivity index (χ2n) is 9.71. The smallest absolute Gasteiger partial charge is 0.251 e. The lowest BCUT2D eigenvalue weighted by Crippen LogP contribution is -2.36. The number of hydrogen-bond donors (Lipinski definition) is 1. The van der Waals surface area contributed by atoms with Crippen LogP contribution < -0.4 is 15.0 Å². The number of hydrogen-bond acceptors (Lipinski definition) is 5. The monoisotopic (exact) mass is 460 g/mol. The normalized spacial score (nSPS) is 16.9. The lowest BCUT2D eigenvalue weighted by Gasteiger charge is -2.28. The number of nitrogens with one attached hydrogen (secondary N) is 1. The molecule has 2 aromatic heterocycles. The van der Waals surface area contributed by atoms with Gasteiger partial charge in [0.05, 0.1) is 7.11 Å². The molecule has 1 atom stereocenters. The number of nitrogens with zero attached hydrogens (tertiary/aromatic N) is 1. The predicted molar refractivity (Wildman–Crippen MR) is 133 cm³/mol. The van der Waals surface area contributed by atoms with Crippen molar-refractivity contribution in [3.63, 3.8) is 0 Å². The quantitative estimate of drug-likeness (QED) is 0.489. The van der Waals surface area contributed by atoms with E-state index in [1.54, 1.807) is 19.4 Å². The minimum atomic E-state index is -0.342. The summed E-state index contributed by atoms with van der Waals surface area (Å²) in [5, 5.41) is 0. The molecule has 6 nitrogen and oxygen atoms in total. The third-order valence-electron chi connectivity index (χ3n) is 6.94. The molecular formula is C28H32N2O4. The molecule has 0 amide bonds. The van der Waals surface area contributed by atoms with E-state index in [4.69, 9.17) is 9.47 Å². The molecule has 3 heterocycles. The van der Waals surface area contributed by atoms with Gasteiger partial charge in [-0.05, 0) is 68.5 Å². The number of pyridine rings is 2. The van der Waals surface area contributed by atoms with Gasteiger partial charge in [0.15, 0.2) is 5.78 Å². The summed E-state index contributed by atoms with van der Waals surface area (Å²) >= 11 is 0. The molecule has 1 aliphatic heterocycles. The summed E-state index contributed by atoms with van der Waals surface area (Å²) < 4.78 is 11.7. The van der Waals surface area contributed by atoms with Crippen molar-refractivity contribution in [3.05, 3.63) is 74.8 Å². The Hall–Kier alpha value is -3.41. The largest absolute Gasteiger partial charge is 0.486 e. The first-order valence-corrected chi connectivity index (χ1v) is 11.7. The van der Waals surface area contributed by atoms with Gasteiger partial charge in [-0.1, -0.05) is 13.8 Å². The van der Waals surface area contributed by atoms with Crippen LogP contribution in [0, 0.1) is 19.8 Å². The number of aromatic amines is 1. The van der Waals surface area contributed by atoms with Crippen LogP contribution in [0.2, 0.25) is 0 Å². The number of aromatic nitrogens is 2. The minimum absolute atomic E-state index is 0.00282. The Balaban J connectivity index is 1.70. The molecule has 0 spiro atoms. The lowest BCUT2D eigenvalue weighted by molar-refractivity contribution is 0.0651. The van der Waals surface area contributed by atoms with Crippen molar-refractivity contribution in [1.82, 2.24) is 9.97 Å². The number of carbonyl (C=O) groups is 1. The van der Waals surface area contributed by atoms with Crippen molar-refractivity contribution < 1.29 is 14.3 Å². The van der Waals surface area contributed by atoms with Gasteiger partial charge in [-0.3, -0.25) is 9.59 Å². The number of Topliss-reactive ketones (excluding diaryl/α,β-unsaturated/α-hetero) is 1. The molecule has 178 valence electrons. The Labute approximate surface area is 200 Å². The van der Waals surface area contributed by atoms with Crippen molar-refractivity contribution in [1.29, 1.82) is 0 Å². The summed E-state index contributed by atoms with van der Waals surface area (Å²) in [5.41, 5.74) is 5.30. The van der Waals surface area contributed by atoms with Crippen molar-refractivity contribution >= 4 is 5.78 Å². The van der Waals surface area contributed by atoms with Crippen molar-refractivity contribution in [2.45, 2.75) is 59.5 Å². The molecule has 3 aromatic rings. The van der Waals surface area contributed by atoms with Crippen LogP contribution in [-0.4, -0.2) is 28.5 Å². The van der Waals surface area contributed by atoms with Gasteiger partial charge >= 0.3 is 0 Å². The maximum Gasteiger partial charge on any atom is 0.251 e. The van der Waals surface area contributed by atoms with E-state index in [1.165, 1.54) is 0 Å². The van der Waals surface area contributed by atoms with Gasteiger partial charge in [0, 0.05) is 53.1 Å². The number of aryl methyl sites for hydroxylation is 2. The highest BCUT2D eigenvalue weighted by Crippen LogP contribution is 2.45. The standard InChI is InChI=1S/C28H32N2O4/c1-16(2)28(5)14-21-12-20(24(31)9-8-22-17(3)11-18(4)30-27(22)32)13-23(26(21)34-28)19-7-10-25(33-6)29-15-19/h7,10-13,15-16H,8-9,14H2,1-6H3,(H,30,32). The van der Waals surface area contributed by atoms with Crippen LogP contribution >= 0.6 is 0 Å². The second-order valence-corrected chi connectivity index (χ2v) is 9.71. The molecule has 0 aliphatic carbocycles. The topological polar surface area (TPSA) is 81.3 Å². The minimum Gasteiger partial charge on any atom is -0.486 e. The number of rotatable bonds is 7. The molecule has 1 N–H and O–H groups in total. The maximum absolute atomic E-state index is 13.3. The van der Waals surface area contributed by atoms with Gasteiger partial charge in [0.25, 0.3) is 5.56 Å². The first kappa shape index (κ1) is 23.7. The van der Waals surface area contributed by atoms with Crippen molar-refractivity contribution in [3.8, 4) is 22.8 Å². The molecule has 1 aromatic carbocycles. The van der Waals surface area contributed by atoms with E-state index in [-0.39, 0.29) is 23.4 Å². The number of benzene rings is 1. The van der Waals surface area contributed by atoms with Crippen LogP contribution in [0.5, 0.6) is 11.6 Å². The number of ether oxygens (including phenoxy) is 2. The van der Waals surface area contributed by atoms with Gasteiger partial charge in [0.1, 0.15) is 11.4 Å². The van der Waals surface area contributed by atoms with Gasteiger partial charge in [-0.2, -0.15) is 0 Å². The molecule has 34 heavy (non-hydrogen) atoms. The second kappa shape index (κ2) is 9.09. The zero-order valence-corrected chi connectivity index (χ0v) is 20.7. The Bertz CT molecular complexity index is 1290. The summed E-state index contributed by atoms with van der Waals surface area (Å²) in [6, 6.07) is 9.52. The van der Waals surface area contributed by atoms with E-state index in [2.05, 4.69) is 30.7 Å². The molecule has 0 saturated heterocycles. The van der Waals surface area contributed by atoms with E-state index >= 15 is 0 Å². The highest BCUT2D eigenvalue weighted by molar-refractivity contribution is 5.98. The first-order valence-electron chi connectivity index (χ1n) is 11.7. The first-order chi connectivity index (χ1) is 16.1. The van der Waals surface area contributed by atoms with Gasteiger partial charge < -0.3 is 14.5 Å². The Kier molecular flexibility index (Phi) is 6.34. The van der Waals surface area contributed by atoms with Crippen molar-refractivity contribution in [2.24, 2.45) is 5.92 Å². The van der Waals surface area contributed by atoms with Crippen LogP contribution in [0.15, 0.2) is 41.3 Å². The fraction of sp³-hybridized carbons (Fsp3) is 0.393. The summed E-state index contributed by atoms with van der Waals surface area (Å²) in [6.07, 6.45) is 3.13. The molecule has 6 heteroatoms. The van der Waals surface area contributed by atoms with E-state index < -0.39 is 0 Å². The van der Waals surface area contributed by atoms with E-state index in [0.717, 1.165) is 40.1 Å². The highest BCUT2D eigenvalue weighted by atomic mass is 16.5. The summed E-state index contributed by atoms with van der Waals surface area (Å²) in [5.74, 6) is 1.64. The molecule has 0 radical (unpaired) electrons. The number of methoxy groups -OCH3 is 1. The fourth-order valence-electron chi connectivity index (χ4n) is 4.52. The number of H-pyrrole nitrogens is 1. The molecule has 0 saturated carbocycles. The average Bonchev–Trinajstić information content (AvgIpc) is 3.15. The van der Waals surface area contributed by atoms with Crippen LogP contribution in [0.1, 0.15) is 59.9 Å². The lowest BCUT2D eigenvalue weighted by atomic mass is 9.87. The van der Waals surface area contributed by atoms with Crippen LogP contribution in [0.3, 0.4) is 0 Å². The van der Waals surface area contributed by atoms with Crippen LogP contribution in [0.4, 0.5) is 0 Å². The van der Waals surface area contributed by atoms with Gasteiger partial charge in [0.2, 0.25) is 5.88 Å². The van der Waals surface area contributed by atoms with Gasteiger partial charge in [-0.25, -0.2) is 4.98 Å². The molecule has 0 bridgehead atoms. The van der Waals surface area contributed by atoms with Crippen LogP contribution in [0.25, 0.3) is 11.1 Å². The van der Waals surface area contributed by atoms with E-state index in [0.29, 0.717) is 29.3 Å². The molecule has 1 aliphatic rings. The van der Waals surface area contributed by atoms with Gasteiger partial charge in [-0.15, -0.1) is 0 Å². The highest BCUT2D eigenvalue weighted by Gasteiger charge is 2.39. The Morgan fingerprint density at radius 3 is 2.62 bits per heavy atom. The zero-order valence-electron chi connectivity index (χ0n) is 20.7. The Morgan fingerprint density at radius 2 is 2.00 bits per heavy atom. The third-order valence-corrected chi connectivity index (χ3v) is 6.94. The fourth-order valence-corrected chi connectivity index (χ4v) is 4.52. The summed E-state index contributed by atoms with van der Waals surface area (Å²) in [4.78, 5) is 32.9. The van der Waals surface area contributed by atoms with E-state index in [1.807, 2.05) is 38.1 Å². The van der Waals surface area contributed by atoms with Crippen molar-refractivity contribution in [2.75, 3.05) is 7.11 Å². The SMILES string of the molecule is COc1ccc(-c2cc(C(=O)CCc3c(C)cc(C)[nH]c3=O)cc3c2OC(C)(C(C)C)C3)cn1. The number of ketones is 1. The molecule has 0 fully saturated rings. The average molecular weight is 461 g/mol. The molecular weight excluding hydrogens is 428 g/mol. The number of carbonyl (C=O) groups excluding carboxylic acids is 1. The van der Waals surface area contributed by atoms with Crippen LogP contribution in [-0.2, 0) is 12.8 Å². The zero-order chi connectivity index (χ0) is 24.6. The maximum atomic E-state index is 13.3. The molecule has 4 rings (SSSR count). The number of fused-ring (bicyclic) bond motifs is 1. The van der Waals surface area contributed by atoms with E-state index in [9.17, 15) is 9.59 Å². The summed E-state index contributed by atoms with van der Waals surface area (Å²) in [7, 11) is 1.58. The summed E-state index contributed by atoms with van der Waals surface area (Å²) in [6.45, 7) is 10.2. The third kappa shape index (κ3) is 4.49. The molecule has 1 unspecified atom stereocenters.